The molecule has 0 radical (unpaired) electrons. The Morgan fingerprint density at radius 3 is 2.56 bits per heavy atom. The maximum Gasteiger partial charge on any atom is 0.261 e. The van der Waals surface area contributed by atoms with Crippen molar-refractivity contribution in [2.45, 2.75) is 19.5 Å². The Hall–Kier alpha value is -4.26. The predicted octanol–water partition coefficient (Wildman–Crippen LogP) is 4.30. The van der Waals surface area contributed by atoms with E-state index >= 15 is 0 Å². The first-order valence-electron chi connectivity index (χ1n) is 11.1. The van der Waals surface area contributed by atoms with E-state index in [4.69, 9.17) is 0 Å². The van der Waals surface area contributed by atoms with Crippen molar-refractivity contribution in [3.05, 3.63) is 106 Å². The lowest BCUT2D eigenvalue weighted by molar-refractivity contribution is 0.0641. The van der Waals surface area contributed by atoms with Crippen molar-refractivity contribution < 1.29 is 18.8 Å². The second-order valence-corrected chi connectivity index (χ2v) is 8.69. The van der Waals surface area contributed by atoms with Gasteiger partial charge in [-0.15, -0.1) is 0 Å². The summed E-state index contributed by atoms with van der Waals surface area (Å²) in [6.07, 6.45) is 0.630. The first-order chi connectivity index (χ1) is 16.5. The summed E-state index contributed by atoms with van der Waals surface area (Å²) in [6.45, 7) is 1.04. The van der Waals surface area contributed by atoms with Crippen LogP contribution in [-0.2, 0) is 19.5 Å². The lowest BCUT2D eigenvalue weighted by atomic mass is 10.0. The molecule has 0 fully saturated rings. The van der Waals surface area contributed by atoms with Gasteiger partial charge in [0.1, 0.15) is 5.82 Å². The van der Waals surface area contributed by atoms with Crippen molar-refractivity contribution in [2.24, 2.45) is 0 Å². The summed E-state index contributed by atoms with van der Waals surface area (Å²) >= 11 is 0. The van der Waals surface area contributed by atoms with Gasteiger partial charge in [0.15, 0.2) is 0 Å². The number of aromatic nitrogens is 1. The van der Waals surface area contributed by atoms with Crippen LogP contribution in [0, 0.1) is 5.82 Å². The molecule has 0 saturated carbocycles. The number of benzene rings is 3. The Morgan fingerprint density at radius 1 is 0.941 bits per heavy atom. The number of carbonyl (C=O) groups excluding carboxylic acids is 3. The van der Waals surface area contributed by atoms with Gasteiger partial charge in [0, 0.05) is 47.2 Å². The second kappa shape index (κ2) is 7.66. The Balaban J connectivity index is 1.27. The van der Waals surface area contributed by atoms with Crippen LogP contribution in [0.1, 0.15) is 47.9 Å². The molecule has 6 rings (SSSR count). The third-order valence-electron chi connectivity index (χ3n) is 6.63. The number of nitrogens with one attached hydrogen (secondary N) is 1. The highest BCUT2D eigenvalue weighted by Crippen LogP contribution is 2.30. The quantitative estimate of drug-likeness (QED) is 0.470. The lowest BCUT2D eigenvalue weighted by Crippen LogP contribution is -2.35. The summed E-state index contributed by atoms with van der Waals surface area (Å²) in [4.78, 5) is 45.4. The first-order valence-corrected chi connectivity index (χ1v) is 11.1. The molecular weight excluding hydrogens is 433 g/mol. The van der Waals surface area contributed by atoms with Gasteiger partial charge < -0.3 is 9.88 Å². The average Bonchev–Trinajstić information content (AvgIpc) is 3.33. The highest BCUT2D eigenvalue weighted by atomic mass is 19.1. The number of amides is 3. The van der Waals surface area contributed by atoms with E-state index in [1.165, 1.54) is 23.1 Å². The molecule has 3 aromatic carbocycles. The van der Waals surface area contributed by atoms with E-state index in [-0.39, 0.29) is 29.7 Å². The fraction of sp³-hybridized carbons (Fsp3) is 0.148. The molecule has 1 N–H and O–H groups in total. The van der Waals surface area contributed by atoms with Gasteiger partial charge in [0.2, 0.25) is 0 Å². The maximum atomic E-state index is 13.8. The normalized spacial score (nSPS) is 15.1. The number of hydrogen-bond donors (Lipinski definition) is 1. The van der Waals surface area contributed by atoms with Gasteiger partial charge in [0.25, 0.3) is 17.7 Å². The number of H-pyrrole nitrogens is 1. The number of aromatic amines is 1. The zero-order chi connectivity index (χ0) is 23.4. The summed E-state index contributed by atoms with van der Waals surface area (Å²) in [5, 5.41) is 0.777. The zero-order valence-corrected chi connectivity index (χ0v) is 18.2. The molecular formula is C27H20FN3O3. The third kappa shape index (κ3) is 3.20. The zero-order valence-electron chi connectivity index (χ0n) is 18.2. The molecule has 6 nitrogen and oxygen atoms in total. The number of rotatable bonds is 3. The average molecular weight is 453 g/mol. The minimum absolute atomic E-state index is 0.183. The van der Waals surface area contributed by atoms with Crippen molar-refractivity contribution in [3.8, 4) is 0 Å². The summed E-state index contributed by atoms with van der Waals surface area (Å²) in [5.74, 6) is -1.29. The largest absolute Gasteiger partial charge is 0.358 e. The summed E-state index contributed by atoms with van der Waals surface area (Å²) in [7, 11) is 0. The minimum Gasteiger partial charge on any atom is -0.358 e. The van der Waals surface area contributed by atoms with E-state index in [0.717, 1.165) is 27.7 Å². The molecule has 0 bridgehead atoms. The van der Waals surface area contributed by atoms with Crippen LogP contribution < -0.4 is 0 Å². The van der Waals surface area contributed by atoms with Gasteiger partial charge in [-0.3, -0.25) is 19.3 Å². The van der Waals surface area contributed by atoms with Crippen LogP contribution in [0.5, 0.6) is 0 Å². The van der Waals surface area contributed by atoms with Gasteiger partial charge in [0.05, 0.1) is 17.7 Å². The Kier molecular flexibility index (Phi) is 4.58. The van der Waals surface area contributed by atoms with Crippen LogP contribution in [0.25, 0.3) is 10.9 Å². The molecule has 0 aliphatic carbocycles. The summed E-state index contributed by atoms with van der Waals surface area (Å²) in [6, 6.07) is 18.6. The van der Waals surface area contributed by atoms with E-state index in [2.05, 4.69) is 4.98 Å². The molecule has 34 heavy (non-hydrogen) atoms. The Bertz CT molecular complexity index is 1490. The number of fused-ring (bicyclic) bond motifs is 4. The topological polar surface area (TPSA) is 73.5 Å². The van der Waals surface area contributed by atoms with E-state index < -0.39 is 5.91 Å². The van der Waals surface area contributed by atoms with Crippen molar-refractivity contribution >= 4 is 28.6 Å². The van der Waals surface area contributed by atoms with Crippen LogP contribution in [-0.4, -0.2) is 39.1 Å². The molecule has 2 aliphatic heterocycles. The SMILES string of the molecule is O=C(c1ccc2c(c1)C(=O)N(Cc1ccccc1)C2=O)N1CCc2[nH]c3ccc(F)cc3c2C1. The van der Waals surface area contributed by atoms with E-state index in [1.807, 2.05) is 30.3 Å². The minimum atomic E-state index is -0.397. The molecule has 2 aliphatic rings. The fourth-order valence-electron chi connectivity index (χ4n) is 4.88. The van der Waals surface area contributed by atoms with E-state index in [9.17, 15) is 18.8 Å². The fourth-order valence-corrected chi connectivity index (χ4v) is 4.88. The summed E-state index contributed by atoms with van der Waals surface area (Å²) < 4.78 is 13.8. The first kappa shape index (κ1) is 20.4. The van der Waals surface area contributed by atoms with Crippen LogP contribution in [0.2, 0.25) is 0 Å². The maximum absolute atomic E-state index is 13.8. The molecule has 1 aromatic heterocycles. The molecule has 3 heterocycles. The molecule has 3 amide bonds. The smallest absolute Gasteiger partial charge is 0.261 e. The van der Waals surface area contributed by atoms with Crippen LogP contribution in [0.3, 0.4) is 0 Å². The van der Waals surface area contributed by atoms with Gasteiger partial charge >= 0.3 is 0 Å². The molecule has 4 aromatic rings. The monoisotopic (exact) mass is 453 g/mol. The Morgan fingerprint density at radius 2 is 1.74 bits per heavy atom. The van der Waals surface area contributed by atoms with Crippen LogP contribution >= 0.6 is 0 Å². The van der Waals surface area contributed by atoms with Crippen molar-refractivity contribution in [1.82, 2.24) is 14.8 Å². The van der Waals surface area contributed by atoms with E-state index in [1.54, 1.807) is 23.1 Å². The van der Waals surface area contributed by atoms with E-state index in [0.29, 0.717) is 30.6 Å². The standard InChI is InChI=1S/C27H20FN3O3/c28-18-7-9-23-20(13-18)22-15-30(11-10-24(22)29-23)25(32)17-6-8-19-21(12-17)27(34)31(26(19)33)14-16-4-2-1-3-5-16/h1-9,12-13,29H,10-11,14-15H2. The van der Waals surface area contributed by atoms with Gasteiger partial charge in [-0.05, 0) is 42.0 Å². The molecule has 168 valence electrons. The molecule has 0 unspecified atom stereocenters. The third-order valence-corrected chi connectivity index (χ3v) is 6.63. The van der Waals surface area contributed by atoms with Gasteiger partial charge in [-0.2, -0.15) is 0 Å². The second-order valence-electron chi connectivity index (χ2n) is 8.69. The molecule has 7 heteroatoms. The number of hydrogen-bond acceptors (Lipinski definition) is 3. The number of carbonyl (C=O) groups is 3. The van der Waals surface area contributed by atoms with Crippen molar-refractivity contribution in [1.29, 1.82) is 0 Å². The van der Waals surface area contributed by atoms with Gasteiger partial charge in [-0.1, -0.05) is 30.3 Å². The number of imide groups is 1. The Labute approximate surface area is 194 Å². The lowest BCUT2D eigenvalue weighted by Gasteiger charge is -2.27. The van der Waals surface area contributed by atoms with Crippen LogP contribution in [0.15, 0.2) is 66.7 Å². The predicted molar refractivity (Wildman–Crippen MR) is 124 cm³/mol. The van der Waals surface area contributed by atoms with Crippen LogP contribution in [0.4, 0.5) is 4.39 Å². The highest BCUT2D eigenvalue weighted by Gasteiger charge is 2.36. The van der Waals surface area contributed by atoms with Crippen molar-refractivity contribution in [2.75, 3.05) is 6.54 Å². The highest BCUT2D eigenvalue weighted by molar-refractivity contribution is 6.22. The molecule has 0 spiro atoms. The number of halogens is 1. The number of nitrogens with zero attached hydrogens (tertiary/aromatic N) is 2. The summed E-state index contributed by atoms with van der Waals surface area (Å²) in [5.41, 5.74) is 4.54. The molecule has 0 saturated heterocycles. The van der Waals surface area contributed by atoms with Crippen molar-refractivity contribution in [3.63, 3.8) is 0 Å². The molecule has 0 atom stereocenters. The van der Waals surface area contributed by atoms with Gasteiger partial charge in [-0.25, -0.2) is 4.39 Å².